The number of carboxylic acid groups (broad SMARTS) is 1. The van der Waals surface area contributed by atoms with Crippen LogP contribution in [-0.4, -0.2) is 163 Å². The number of aromatic nitrogens is 1. The van der Waals surface area contributed by atoms with Crippen molar-refractivity contribution >= 4 is 53.0 Å². The summed E-state index contributed by atoms with van der Waals surface area (Å²) in [6.07, 6.45) is 3.24. The third kappa shape index (κ3) is 22.7. The predicted octanol–water partition coefficient (Wildman–Crippen LogP) is 6.65. The van der Waals surface area contributed by atoms with Gasteiger partial charge >= 0.3 is 18.0 Å². The van der Waals surface area contributed by atoms with Crippen LogP contribution < -0.4 is 26.0 Å². The minimum Gasteiger partial charge on any atom is -0.481 e. The van der Waals surface area contributed by atoms with Crippen LogP contribution in [0.4, 0.5) is 4.79 Å². The number of carbonyl (C=O) groups excluding carboxylic acids is 6. The zero-order chi connectivity index (χ0) is 58.8. The van der Waals surface area contributed by atoms with E-state index in [-0.39, 0.29) is 92.1 Å². The smallest absolute Gasteiger partial charge is 0.407 e. The average molecular weight is 1130 g/mol. The van der Waals surface area contributed by atoms with E-state index in [0.717, 1.165) is 37.8 Å². The van der Waals surface area contributed by atoms with Gasteiger partial charge in [-0.2, -0.15) is 0 Å². The second kappa shape index (κ2) is 35.5. The van der Waals surface area contributed by atoms with E-state index in [1.165, 1.54) is 18.4 Å². The summed E-state index contributed by atoms with van der Waals surface area (Å²) in [5, 5.41) is 32.8. The van der Waals surface area contributed by atoms with Gasteiger partial charge in [0.05, 0.1) is 24.7 Å². The number of methoxy groups -OCH3 is 1. The summed E-state index contributed by atoms with van der Waals surface area (Å²) in [6.45, 7) is 20.3. The molecule has 10 atom stereocenters. The number of aliphatic hydroxyl groups is 1. The number of amides is 5. The summed E-state index contributed by atoms with van der Waals surface area (Å²) < 4.78 is 27.9. The molecule has 5 amide bonds. The van der Waals surface area contributed by atoms with Crippen LogP contribution in [0.2, 0.25) is 0 Å². The first-order valence-corrected chi connectivity index (χ1v) is 29.2. The first kappa shape index (κ1) is 68.0. The van der Waals surface area contributed by atoms with E-state index in [0.29, 0.717) is 43.8 Å². The fraction of sp³-hybridized carbons (Fsp3) is 0.719. The van der Waals surface area contributed by atoms with E-state index < -0.39 is 72.4 Å². The molecular formula is C57H93N7O14S. The van der Waals surface area contributed by atoms with Crippen molar-refractivity contribution in [1.82, 2.24) is 36.1 Å². The fourth-order valence-electron chi connectivity index (χ4n) is 9.22. The molecule has 0 spiro atoms. The summed E-state index contributed by atoms with van der Waals surface area (Å²) in [6, 6.07) is 3.62. The molecule has 3 unspecified atom stereocenters. The van der Waals surface area contributed by atoms with Crippen molar-refractivity contribution in [3.8, 4) is 5.75 Å². The van der Waals surface area contributed by atoms with Crippen LogP contribution >= 0.6 is 11.3 Å². The Kier molecular flexibility index (Phi) is 30.5. The topological polar surface area (TPSA) is 274 Å². The number of thiazole rings is 1. The van der Waals surface area contributed by atoms with Crippen LogP contribution in [0.15, 0.2) is 29.6 Å². The van der Waals surface area contributed by atoms with Crippen molar-refractivity contribution in [2.75, 3.05) is 53.6 Å². The van der Waals surface area contributed by atoms with E-state index >= 15 is 0 Å². The largest absolute Gasteiger partial charge is 0.481 e. The van der Waals surface area contributed by atoms with Gasteiger partial charge in [-0.3, -0.25) is 28.9 Å². The van der Waals surface area contributed by atoms with Crippen molar-refractivity contribution in [3.05, 3.63) is 45.9 Å². The molecule has 1 aliphatic heterocycles. The van der Waals surface area contributed by atoms with Crippen LogP contribution in [0.3, 0.4) is 0 Å². The number of carbonyl (C=O) groups is 7. The number of aliphatic carboxylic acids is 1. The number of alkyl carbamates (subject to hydrolysis) is 1. The number of benzene rings is 1. The number of nitrogens with one attached hydrogen (secondary N) is 4. The molecular weight excluding hydrogens is 1040 g/mol. The number of ether oxygens (including phenoxy) is 5. The Bertz CT molecular complexity index is 2190. The second-order valence-electron chi connectivity index (χ2n) is 21.4. The number of piperidine rings is 1. The number of rotatable bonds is 36. The number of likely N-dealkylation sites (tertiary alicyclic amines) is 1. The molecule has 3 rings (SSSR count). The number of hydrogen-bond donors (Lipinski definition) is 6. The molecule has 1 fully saturated rings. The van der Waals surface area contributed by atoms with E-state index in [9.17, 15) is 43.8 Å². The summed E-state index contributed by atoms with van der Waals surface area (Å²) in [7, 11) is 3.34. The third-order valence-corrected chi connectivity index (χ3v) is 15.2. The maximum atomic E-state index is 14.8. The minimum absolute atomic E-state index is 0.00309. The lowest BCUT2D eigenvalue weighted by molar-refractivity contribution is -0.181. The fourth-order valence-corrected chi connectivity index (χ4v) is 10.1. The first-order valence-electron chi connectivity index (χ1n) is 28.3. The van der Waals surface area contributed by atoms with Gasteiger partial charge in [0.2, 0.25) is 17.7 Å². The molecule has 2 aromatic rings. The highest BCUT2D eigenvalue weighted by molar-refractivity contribution is 7.09. The van der Waals surface area contributed by atoms with Crippen molar-refractivity contribution in [2.45, 2.75) is 189 Å². The van der Waals surface area contributed by atoms with E-state index in [1.54, 1.807) is 50.4 Å². The third-order valence-electron chi connectivity index (χ3n) is 14.3. The van der Waals surface area contributed by atoms with Crippen LogP contribution in [0.5, 0.6) is 5.75 Å². The summed E-state index contributed by atoms with van der Waals surface area (Å²) >= 11 is 1.28. The van der Waals surface area contributed by atoms with Gasteiger partial charge < -0.3 is 60.1 Å². The zero-order valence-electron chi connectivity index (χ0n) is 48.9. The maximum absolute atomic E-state index is 14.8. The number of nitrogens with zero attached hydrogens (tertiary/aromatic N) is 3. The molecule has 1 saturated heterocycles. The van der Waals surface area contributed by atoms with Gasteiger partial charge in [-0.05, 0) is 94.0 Å². The van der Waals surface area contributed by atoms with Crippen molar-refractivity contribution in [2.24, 2.45) is 23.7 Å². The molecule has 0 saturated carbocycles. The van der Waals surface area contributed by atoms with Gasteiger partial charge in [0, 0.05) is 57.1 Å². The molecule has 6 N–H and O–H groups in total. The molecule has 0 bridgehead atoms. The molecule has 1 aromatic heterocycles. The Balaban J connectivity index is 1.72. The average Bonchev–Trinajstić information content (AvgIpc) is 3.92. The molecule has 22 heteroatoms. The number of carboxylic acids is 1. The van der Waals surface area contributed by atoms with Gasteiger partial charge in [-0.1, -0.05) is 94.2 Å². The molecule has 2 heterocycles. The summed E-state index contributed by atoms with van der Waals surface area (Å²) in [5.41, 5.74) is 0.862. The number of likely N-dealkylation sites (N-methyl/N-ethyl adjacent to an activating group) is 1. The normalized spacial score (nSPS) is 17.3. The summed E-state index contributed by atoms with van der Waals surface area (Å²) in [4.78, 5) is 102. The van der Waals surface area contributed by atoms with Crippen molar-refractivity contribution in [1.29, 1.82) is 0 Å². The molecule has 1 aliphatic rings. The number of esters is 1. The molecule has 79 heavy (non-hydrogen) atoms. The summed E-state index contributed by atoms with van der Waals surface area (Å²) in [5.74, 6) is -4.06. The van der Waals surface area contributed by atoms with Gasteiger partial charge in [0.15, 0.2) is 6.29 Å². The molecule has 21 nitrogen and oxygen atoms in total. The van der Waals surface area contributed by atoms with E-state index in [1.807, 2.05) is 46.6 Å². The Morgan fingerprint density at radius 2 is 1.59 bits per heavy atom. The lowest BCUT2D eigenvalue weighted by Crippen LogP contribution is -2.58. The van der Waals surface area contributed by atoms with Crippen LogP contribution in [0.25, 0.3) is 0 Å². The molecule has 446 valence electrons. The lowest BCUT2D eigenvalue weighted by atomic mass is 9.92. The molecule has 0 aliphatic carbocycles. The van der Waals surface area contributed by atoms with Gasteiger partial charge in [0.25, 0.3) is 5.91 Å². The lowest BCUT2D eigenvalue weighted by Gasteiger charge is -2.40. The van der Waals surface area contributed by atoms with Crippen molar-refractivity contribution < 1.29 is 67.5 Å². The second-order valence-corrected chi connectivity index (χ2v) is 22.3. The van der Waals surface area contributed by atoms with E-state index in [4.69, 9.17) is 28.7 Å². The van der Waals surface area contributed by atoms with Crippen LogP contribution in [-0.2, 0) is 49.3 Å². The van der Waals surface area contributed by atoms with Crippen LogP contribution in [0.1, 0.15) is 161 Å². The van der Waals surface area contributed by atoms with Gasteiger partial charge in [0.1, 0.15) is 41.2 Å². The molecule has 1 aromatic carbocycles. The Morgan fingerprint density at radius 1 is 0.886 bits per heavy atom. The quantitative estimate of drug-likeness (QED) is 0.0237. The monoisotopic (exact) mass is 1130 g/mol. The minimum atomic E-state index is -1.02. The highest BCUT2D eigenvalue weighted by atomic mass is 32.1. The highest BCUT2D eigenvalue weighted by Crippen LogP contribution is 2.32. The van der Waals surface area contributed by atoms with Crippen LogP contribution in [0, 0.1) is 23.7 Å². The SMILES string of the molecule is CCCO[C@H](C[C@H](C(C)C)N(CCC)C(=O)[C@@H](NC(=O)[C@H]1CCCCN1C)[C@@H](C)CC)c1nc(C(=O)NC(Cc2ccc(OC(=O)[C@H](NC(=O)CCNC(=O)OCC(OC)OC(CC)CO)C(C)C)cc2)C[C@H](C)C(=O)O)cs1. The first-order chi connectivity index (χ1) is 37.6. The zero-order valence-corrected chi connectivity index (χ0v) is 49.7. The highest BCUT2D eigenvalue weighted by Gasteiger charge is 2.38. The number of hydrogen-bond acceptors (Lipinski definition) is 16. The maximum Gasteiger partial charge on any atom is 0.407 e. The Hall–Kier alpha value is -5.26. The number of aliphatic hydroxyl groups excluding tert-OH is 1. The Labute approximate surface area is 472 Å². The van der Waals surface area contributed by atoms with E-state index in [2.05, 4.69) is 40.0 Å². The standard InChI is InChI=1S/C57H93N7O14S/c1-13-26-64(54(69)50(37(9)15-3)62-52(68)44-19-17-18-27-63(44)11)45(35(5)6)31-46(75-28-14-2)53-60-43(34-79-53)51(67)59-40(29-38(10)55(70)71)30-39-20-22-42(23-21-39)78-56(72)49(36(7)8)61-47(66)24-25-58-57(73)76-33-48(74-12)77-41(16-4)32-65/h20-23,34-38,40-41,44-46,48-50,65H,13-19,24-33H2,1-12H3,(H,58,73)(H,59,67)(H,61,66)(H,62,68)(H,70,71)/t37-,38-,40?,41?,44+,45+,46+,48?,49+,50-/m0/s1. The van der Waals surface area contributed by atoms with Gasteiger partial charge in [-0.15, -0.1) is 11.3 Å². The Morgan fingerprint density at radius 3 is 2.18 bits per heavy atom. The molecule has 0 radical (unpaired) electrons. The van der Waals surface area contributed by atoms with Crippen molar-refractivity contribution in [3.63, 3.8) is 0 Å². The van der Waals surface area contributed by atoms with Gasteiger partial charge in [-0.25, -0.2) is 14.6 Å². The predicted molar refractivity (Wildman–Crippen MR) is 300 cm³/mol.